The minimum absolute atomic E-state index is 0.0340. The van der Waals surface area contributed by atoms with Crippen LogP contribution < -0.4 is 5.32 Å². The van der Waals surface area contributed by atoms with E-state index in [4.69, 9.17) is 0 Å². The molecule has 0 spiro atoms. The lowest BCUT2D eigenvalue weighted by Gasteiger charge is -2.27. The molecule has 2 saturated carbocycles. The molecular weight excluding hydrogens is 304 g/mol. The molecule has 0 aromatic heterocycles. The molecule has 3 aliphatic carbocycles. The lowest BCUT2D eigenvalue weighted by molar-refractivity contribution is -0.141. The minimum atomic E-state index is -0.157. The summed E-state index contributed by atoms with van der Waals surface area (Å²) in [5.41, 5.74) is 0. The quantitative estimate of drug-likeness (QED) is 0.632. The molecule has 3 fully saturated rings. The Kier molecular flexibility index (Phi) is 3.97. The second kappa shape index (κ2) is 6.01. The lowest BCUT2D eigenvalue weighted by atomic mass is 9.85. The SMILES string of the molecule is CC1CCC(NC(=O)CCN2C(=O)[C@@H]3[C@H](C2=O)[C@H]2C=C[C@@H]3C2)CC1. The van der Waals surface area contributed by atoms with Crippen molar-refractivity contribution < 1.29 is 14.4 Å². The number of allylic oxidation sites excluding steroid dienone is 2. The first-order valence-corrected chi connectivity index (χ1v) is 9.37. The van der Waals surface area contributed by atoms with Gasteiger partial charge >= 0.3 is 0 Å². The first-order chi connectivity index (χ1) is 11.5. The molecule has 0 aromatic carbocycles. The first kappa shape index (κ1) is 15.9. The number of likely N-dealkylation sites (tertiary alicyclic amines) is 1. The van der Waals surface area contributed by atoms with Gasteiger partial charge in [-0.2, -0.15) is 0 Å². The lowest BCUT2D eigenvalue weighted by Crippen LogP contribution is -2.40. The third kappa shape index (κ3) is 2.58. The van der Waals surface area contributed by atoms with Crippen molar-refractivity contribution in [2.24, 2.45) is 29.6 Å². The molecule has 3 amide bonds. The number of nitrogens with one attached hydrogen (secondary N) is 1. The maximum Gasteiger partial charge on any atom is 0.233 e. The number of carbonyl (C=O) groups excluding carboxylic acids is 3. The van der Waals surface area contributed by atoms with E-state index in [-0.39, 0.29) is 60.4 Å². The molecule has 4 aliphatic rings. The van der Waals surface area contributed by atoms with Crippen molar-refractivity contribution in [3.8, 4) is 0 Å². The Morgan fingerprint density at radius 1 is 1.08 bits per heavy atom. The molecule has 130 valence electrons. The van der Waals surface area contributed by atoms with E-state index in [1.54, 1.807) is 0 Å². The number of fused-ring (bicyclic) bond motifs is 5. The Hall–Kier alpha value is -1.65. The normalized spacial score (nSPS) is 40.3. The van der Waals surface area contributed by atoms with Crippen LogP contribution in [0.25, 0.3) is 0 Å². The molecule has 0 aromatic rings. The Labute approximate surface area is 142 Å². The summed E-state index contributed by atoms with van der Waals surface area (Å²) in [5.74, 6) is 0.766. The summed E-state index contributed by atoms with van der Waals surface area (Å²) in [5, 5.41) is 3.07. The molecule has 5 nitrogen and oxygen atoms in total. The molecule has 2 bridgehead atoms. The Balaban J connectivity index is 1.30. The fourth-order valence-electron chi connectivity index (χ4n) is 5.10. The van der Waals surface area contributed by atoms with E-state index < -0.39 is 0 Å². The number of hydrogen-bond donors (Lipinski definition) is 1. The smallest absolute Gasteiger partial charge is 0.233 e. The van der Waals surface area contributed by atoms with Gasteiger partial charge < -0.3 is 5.32 Å². The van der Waals surface area contributed by atoms with Gasteiger partial charge in [-0.1, -0.05) is 19.1 Å². The van der Waals surface area contributed by atoms with Crippen LogP contribution in [-0.2, 0) is 14.4 Å². The van der Waals surface area contributed by atoms with E-state index in [9.17, 15) is 14.4 Å². The minimum Gasteiger partial charge on any atom is -0.353 e. The Morgan fingerprint density at radius 2 is 1.67 bits per heavy atom. The van der Waals surface area contributed by atoms with Crippen molar-refractivity contribution in [3.05, 3.63) is 12.2 Å². The van der Waals surface area contributed by atoms with Gasteiger partial charge in [0.15, 0.2) is 0 Å². The molecule has 4 rings (SSSR count). The summed E-state index contributed by atoms with van der Waals surface area (Å²) in [7, 11) is 0. The van der Waals surface area contributed by atoms with Crippen LogP contribution in [0.3, 0.4) is 0 Å². The first-order valence-electron chi connectivity index (χ1n) is 9.37. The Morgan fingerprint density at radius 3 is 2.25 bits per heavy atom. The molecule has 1 heterocycles. The van der Waals surface area contributed by atoms with Crippen LogP contribution in [0.2, 0.25) is 0 Å². The van der Waals surface area contributed by atoms with Crippen molar-refractivity contribution in [2.45, 2.75) is 51.5 Å². The van der Waals surface area contributed by atoms with Crippen molar-refractivity contribution in [2.75, 3.05) is 6.54 Å². The molecule has 1 saturated heterocycles. The monoisotopic (exact) mass is 330 g/mol. The third-order valence-corrected chi connectivity index (χ3v) is 6.51. The van der Waals surface area contributed by atoms with Crippen LogP contribution >= 0.6 is 0 Å². The van der Waals surface area contributed by atoms with Crippen molar-refractivity contribution in [1.82, 2.24) is 10.2 Å². The largest absolute Gasteiger partial charge is 0.353 e. The highest BCUT2D eigenvalue weighted by atomic mass is 16.2. The fourth-order valence-corrected chi connectivity index (χ4v) is 5.10. The summed E-state index contributed by atoms with van der Waals surface area (Å²) in [6, 6.07) is 0.262. The standard InChI is InChI=1S/C19H26N2O3/c1-11-2-6-14(7-3-11)20-15(22)8-9-21-18(23)16-12-4-5-13(10-12)17(16)19(21)24/h4-5,11-14,16-17H,2-3,6-10H2,1H3,(H,20,22)/t11?,12-,13+,14?,16+,17-. The maximum absolute atomic E-state index is 12.6. The second-order valence-corrected chi connectivity index (χ2v) is 8.10. The van der Waals surface area contributed by atoms with E-state index in [2.05, 4.69) is 24.4 Å². The topological polar surface area (TPSA) is 66.5 Å². The number of hydrogen-bond acceptors (Lipinski definition) is 3. The fraction of sp³-hybridized carbons (Fsp3) is 0.737. The van der Waals surface area contributed by atoms with Gasteiger partial charge in [0, 0.05) is 19.0 Å². The van der Waals surface area contributed by atoms with Gasteiger partial charge in [-0.15, -0.1) is 0 Å². The average molecular weight is 330 g/mol. The van der Waals surface area contributed by atoms with Gasteiger partial charge in [-0.3, -0.25) is 19.3 Å². The maximum atomic E-state index is 12.6. The summed E-state index contributed by atoms with van der Waals surface area (Å²) < 4.78 is 0. The third-order valence-electron chi connectivity index (χ3n) is 6.51. The van der Waals surface area contributed by atoms with E-state index in [1.165, 1.54) is 4.90 Å². The molecule has 0 unspecified atom stereocenters. The van der Waals surface area contributed by atoms with Crippen LogP contribution in [0.5, 0.6) is 0 Å². The van der Waals surface area contributed by atoms with Crippen LogP contribution in [0.4, 0.5) is 0 Å². The van der Waals surface area contributed by atoms with Crippen molar-refractivity contribution in [1.29, 1.82) is 0 Å². The summed E-state index contributed by atoms with van der Waals surface area (Å²) in [6.45, 7) is 2.49. The number of rotatable bonds is 4. The molecule has 1 N–H and O–H groups in total. The average Bonchev–Trinajstić information content (AvgIpc) is 3.23. The van der Waals surface area contributed by atoms with Crippen molar-refractivity contribution in [3.63, 3.8) is 0 Å². The predicted molar refractivity (Wildman–Crippen MR) is 88.6 cm³/mol. The number of imide groups is 1. The molecule has 1 aliphatic heterocycles. The highest BCUT2D eigenvalue weighted by Crippen LogP contribution is 2.52. The predicted octanol–water partition coefficient (Wildman–Crippen LogP) is 1.88. The summed E-state index contributed by atoms with van der Waals surface area (Å²) >= 11 is 0. The molecule has 0 radical (unpaired) electrons. The van der Waals surface area contributed by atoms with Gasteiger partial charge in [0.05, 0.1) is 11.8 Å². The highest BCUT2D eigenvalue weighted by molar-refractivity contribution is 6.06. The van der Waals surface area contributed by atoms with Gasteiger partial charge in [0.25, 0.3) is 0 Å². The number of carbonyl (C=O) groups is 3. The zero-order chi connectivity index (χ0) is 16.8. The van der Waals surface area contributed by atoms with Gasteiger partial charge in [0.1, 0.15) is 0 Å². The van der Waals surface area contributed by atoms with Crippen LogP contribution in [0.15, 0.2) is 12.2 Å². The number of nitrogens with zero attached hydrogens (tertiary/aromatic N) is 1. The molecule has 4 atom stereocenters. The van der Waals surface area contributed by atoms with Gasteiger partial charge in [-0.05, 0) is 49.9 Å². The van der Waals surface area contributed by atoms with Gasteiger partial charge in [0.2, 0.25) is 17.7 Å². The molecular formula is C19H26N2O3. The van der Waals surface area contributed by atoms with E-state index >= 15 is 0 Å². The zero-order valence-electron chi connectivity index (χ0n) is 14.2. The van der Waals surface area contributed by atoms with Crippen molar-refractivity contribution >= 4 is 17.7 Å². The van der Waals surface area contributed by atoms with E-state index in [0.717, 1.165) is 38.0 Å². The summed E-state index contributed by atoms with van der Waals surface area (Å²) in [4.78, 5) is 38.7. The summed E-state index contributed by atoms with van der Waals surface area (Å²) in [6.07, 6.45) is 9.75. The Bertz CT molecular complexity index is 561. The molecule has 5 heteroatoms. The zero-order valence-corrected chi connectivity index (χ0v) is 14.2. The van der Waals surface area contributed by atoms with E-state index in [1.807, 2.05) is 0 Å². The van der Waals surface area contributed by atoms with Crippen LogP contribution in [0, 0.1) is 29.6 Å². The van der Waals surface area contributed by atoms with Crippen LogP contribution in [0.1, 0.15) is 45.4 Å². The molecule has 24 heavy (non-hydrogen) atoms. The van der Waals surface area contributed by atoms with Gasteiger partial charge in [-0.25, -0.2) is 0 Å². The van der Waals surface area contributed by atoms with Crippen LogP contribution in [-0.4, -0.2) is 35.2 Å². The second-order valence-electron chi connectivity index (χ2n) is 8.10. The highest BCUT2D eigenvalue weighted by Gasteiger charge is 2.59. The number of amides is 3. The van der Waals surface area contributed by atoms with E-state index in [0.29, 0.717) is 0 Å².